The van der Waals surface area contributed by atoms with E-state index in [0.29, 0.717) is 49.2 Å². The van der Waals surface area contributed by atoms with Crippen LogP contribution in [0.3, 0.4) is 0 Å². The molecular weight excluding hydrogens is 508 g/mol. The van der Waals surface area contributed by atoms with E-state index in [-0.39, 0.29) is 24.2 Å². The highest BCUT2D eigenvalue weighted by molar-refractivity contribution is 8.00. The van der Waals surface area contributed by atoms with Crippen LogP contribution < -0.4 is 25.4 Å². The van der Waals surface area contributed by atoms with Crippen molar-refractivity contribution in [3.8, 4) is 11.6 Å². The van der Waals surface area contributed by atoms with Gasteiger partial charge in [-0.25, -0.2) is 14.8 Å². The Morgan fingerprint density at radius 1 is 1.18 bits per heavy atom. The molecule has 0 unspecified atom stereocenters. The molecule has 3 aliphatic rings. The Labute approximate surface area is 223 Å². The molecule has 2 fully saturated rings. The smallest absolute Gasteiger partial charge is 0.414 e. The monoisotopic (exact) mass is 536 g/mol. The molecule has 11 nitrogen and oxygen atoms in total. The Bertz CT molecular complexity index is 1390. The van der Waals surface area contributed by atoms with Gasteiger partial charge in [-0.2, -0.15) is 0 Å². The van der Waals surface area contributed by atoms with Gasteiger partial charge in [-0.3, -0.25) is 14.6 Å². The average Bonchev–Trinajstić information content (AvgIpc) is 3.50. The number of ether oxygens (including phenoxy) is 3. The number of carbonyl (C=O) groups excluding carboxylic acids is 2. The maximum atomic E-state index is 12.7. The van der Waals surface area contributed by atoms with Gasteiger partial charge in [-0.1, -0.05) is 0 Å². The van der Waals surface area contributed by atoms with E-state index < -0.39 is 6.09 Å². The lowest BCUT2D eigenvalue weighted by molar-refractivity contribution is -0.113. The number of nitrogens with one attached hydrogen (secondary N) is 1. The average molecular weight is 537 g/mol. The Kier molecular flexibility index (Phi) is 6.68. The number of thioether (sulfide) groups is 1. The van der Waals surface area contributed by atoms with Crippen LogP contribution in [0.5, 0.6) is 11.6 Å². The largest absolute Gasteiger partial charge is 0.497 e. The number of fused-ring (bicyclic) bond motifs is 2. The standard InChI is InChI=1S/C26H28N6O5S/c1-35-17-3-4-21-20(8-17)25(29-14-28-21)36-18-6-16(9-27)31(10-18)11-19-12-32(26(34)37-19)15-2-5-23-22(7-15)30-24(33)13-38-23/h2-5,7-8,14,16,18-19H,6,9-13,27H2,1H3,(H,30,33)/t16-,18-,19+/m0/s1. The van der Waals surface area contributed by atoms with Crippen LogP contribution in [0.1, 0.15) is 6.42 Å². The van der Waals surface area contributed by atoms with Crippen LogP contribution in [-0.2, 0) is 9.53 Å². The number of hydrogen-bond acceptors (Lipinski definition) is 10. The fourth-order valence-electron chi connectivity index (χ4n) is 5.21. The van der Waals surface area contributed by atoms with Crippen LogP contribution in [0.4, 0.5) is 16.2 Å². The van der Waals surface area contributed by atoms with Gasteiger partial charge in [0.05, 0.1) is 36.0 Å². The van der Waals surface area contributed by atoms with Crippen LogP contribution >= 0.6 is 11.8 Å². The Morgan fingerprint density at radius 3 is 2.92 bits per heavy atom. The Hall–Kier alpha value is -3.61. The fourth-order valence-corrected chi connectivity index (χ4v) is 6.00. The molecule has 3 aromatic rings. The minimum atomic E-state index is -0.401. The van der Waals surface area contributed by atoms with Crippen molar-refractivity contribution in [1.82, 2.24) is 14.9 Å². The molecule has 0 saturated carbocycles. The summed E-state index contributed by atoms with van der Waals surface area (Å²) < 4.78 is 17.4. The van der Waals surface area contributed by atoms with E-state index in [0.717, 1.165) is 27.9 Å². The lowest BCUT2D eigenvalue weighted by Gasteiger charge is -2.25. The van der Waals surface area contributed by atoms with Crippen LogP contribution in [0, 0.1) is 0 Å². The maximum Gasteiger partial charge on any atom is 0.414 e. The molecule has 0 radical (unpaired) electrons. The van der Waals surface area contributed by atoms with Gasteiger partial charge in [0.15, 0.2) is 0 Å². The molecule has 2 amide bonds. The molecule has 12 heteroatoms. The summed E-state index contributed by atoms with van der Waals surface area (Å²) in [6.07, 6.45) is 1.39. The zero-order valence-corrected chi connectivity index (χ0v) is 21.6. The number of nitrogens with zero attached hydrogens (tertiary/aromatic N) is 4. The predicted molar refractivity (Wildman–Crippen MR) is 143 cm³/mol. The first-order chi connectivity index (χ1) is 18.5. The quantitative estimate of drug-likeness (QED) is 0.464. The van der Waals surface area contributed by atoms with E-state index in [1.807, 2.05) is 36.4 Å². The number of rotatable bonds is 7. The molecule has 2 saturated heterocycles. The van der Waals surface area contributed by atoms with Gasteiger partial charge in [-0.15, -0.1) is 11.8 Å². The zero-order chi connectivity index (χ0) is 26.2. The molecule has 6 rings (SSSR count). The van der Waals surface area contributed by atoms with E-state index in [1.165, 1.54) is 18.1 Å². The third kappa shape index (κ3) is 4.82. The first-order valence-electron chi connectivity index (χ1n) is 12.4. The first kappa shape index (κ1) is 24.7. The highest BCUT2D eigenvalue weighted by atomic mass is 32.2. The number of hydrogen-bond donors (Lipinski definition) is 2. The number of methoxy groups -OCH3 is 1. The van der Waals surface area contributed by atoms with Crippen molar-refractivity contribution >= 4 is 46.0 Å². The topological polar surface area (TPSA) is 132 Å². The molecule has 3 N–H and O–H groups in total. The molecule has 198 valence electrons. The minimum absolute atomic E-state index is 0.0470. The van der Waals surface area contributed by atoms with Crippen LogP contribution in [0.2, 0.25) is 0 Å². The second-order valence-corrected chi connectivity index (χ2v) is 10.5. The summed E-state index contributed by atoms with van der Waals surface area (Å²) in [6, 6.07) is 11.3. The number of benzene rings is 2. The van der Waals surface area contributed by atoms with Gasteiger partial charge in [-0.05, 0) is 36.4 Å². The number of aromatic nitrogens is 2. The van der Waals surface area contributed by atoms with Gasteiger partial charge in [0.25, 0.3) is 0 Å². The highest BCUT2D eigenvalue weighted by Crippen LogP contribution is 2.36. The number of nitrogens with two attached hydrogens (primary N) is 1. The summed E-state index contributed by atoms with van der Waals surface area (Å²) >= 11 is 1.49. The minimum Gasteiger partial charge on any atom is -0.497 e. The van der Waals surface area contributed by atoms with Crippen molar-refractivity contribution < 1.29 is 23.8 Å². The van der Waals surface area contributed by atoms with Crippen molar-refractivity contribution in [2.75, 3.05) is 49.3 Å². The van der Waals surface area contributed by atoms with Crippen LogP contribution in [0.25, 0.3) is 10.9 Å². The summed E-state index contributed by atoms with van der Waals surface area (Å²) in [7, 11) is 1.62. The number of anilines is 2. The van der Waals surface area contributed by atoms with Crippen molar-refractivity contribution in [1.29, 1.82) is 0 Å². The van der Waals surface area contributed by atoms with Crippen LogP contribution in [0.15, 0.2) is 47.6 Å². The Morgan fingerprint density at radius 2 is 2.08 bits per heavy atom. The summed E-state index contributed by atoms with van der Waals surface area (Å²) in [6.45, 7) is 2.05. The molecule has 4 heterocycles. The SMILES string of the molecule is COc1ccc2ncnc(O[C@H]3C[C@@H](CN)N(C[C@@H]4CN(c5ccc6c(c5)NC(=O)CS6)C(=O)O4)C3)c2c1. The molecule has 3 aliphatic heterocycles. The van der Waals surface area contributed by atoms with Gasteiger partial charge in [0.2, 0.25) is 11.8 Å². The summed E-state index contributed by atoms with van der Waals surface area (Å²) in [5, 5.41) is 3.66. The van der Waals surface area contributed by atoms with Gasteiger partial charge >= 0.3 is 6.09 Å². The van der Waals surface area contributed by atoms with Gasteiger partial charge in [0, 0.05) is 42.7 Å². The third-order valence-electron chi connectivity index (χ3n) is 7.07. The fraction of sp³-hybridized carbons (Fsp3) is 0.385. The van der Waals surface area contributed by atoms with E-state index in [9.17, 15) is 9.59 Å². The normalized spacial score (nSPS) is 23.3. The molecular formula is C26H28N6O5S. The number of amides is 2. The third-order valence-corrected chi connectivity index (χ3v) is 8.14. The predicted octanol–water partition coefficient (Wildman–Crippen LogP) is 2.49. The number of cyclic esters (lactones) is 1. The number of likely N-dealkylation sites (tertiary alicyclic amines) is 1. The summed E-state index contributed by atoms with van der Waals surface area (Å²) in [5.41, 5.74) is 8.30. The van der Waals surface area contributed by atoms with Crippen LogP contribution in [-0.4, -0.2) is 84.2 Å². The second-order valence-electron chi connectivity index (χ2n) is 9.51. The maximum absolute atomic E-state index is 12.7. The zero-order valence-electron chi connectivity index (χ0n) is 20.8. The molecule has 3 atom stereocenters. The lowest BCUT2D eigenvalue weighted by Crippen LogP contribution is -2.41. The Balaban J connectivity index is 1.12. The molecule has 0 bridgehead atoms. The van der Waals surface area contributed by atoms with Crippen molar-refractivity contribution in [3.05, 3.63) is 42.7 Å². The van der Waals surface area contributed by atoms with Gasteiger partial charge < -0.3 is 25.3 Å². The number of carbonyl (C=O) groups is 2. The summed E-state index contributed by atoms with van der Waals surface area (Å²) in [5.74, 6) is 1.56. The van der Waals surface area contributed by atoms with Crippen molar-refractivity contribution in [3.63, 3.8) is 0 Å². The van der Waals surface area contributed by atoms with E-state index >= 15 is 0 Å². The van der Waals surface area contributed by atoms with Crippen molar-refractivity contribution in [2.45, 2.75) is 29.6 Å². The molecule has 38 heavy (non-hydrogen) atoms. The molecule has 2 aromatic carbocycles. The lowest BCUT2D eigenvalue weighted by atomic mass is 10.2. The van der Waals surface area contributed by atoms with E-state index in [2.05, 4.69) is 20.2 Å². The molecule has 0 aliphatic carbocycles. The van der Waals surface area contributed by atoms with Gasteiger partial charge in [0.1, 0.15) is 24.3 Å². The van der Waals surface area contributed by atoms with Crippen molar-refractivity contribution in [2.24, 2.45) is 5.73 Å². The van der Waals surface area contributed by atoms with E-state index in [1.54, 1.807) is 12.0 Å². The highest BCUT2D eigenvalue weighted by Gasteiger charge is 2.39. The molecule has 0 spiro atoms. The van der Waals surface area contributed by atoms with E-state index in [4.69, 9.17) is 19.9 Å². The summed E-state index contributed by atoms with van der Waals surface area (Å²) in [4.78, 5) is 38.0. The first-order valence-corrected chi connectivity index (χ1v) is 13.4. The molecule has 1 aromatic heterocycles. The second kappa shape index (κ2) is 10.3.